The summed E-state index contributed by atoms with van der Waals surface area (Å²) in [6.45, 7) is 8.52. The monoisotopic (exact) mass is 238 g/mol. The summed E-state index contributed by atoms with van der Waals surface area (Å²) in [4.78, 5) is 10.8. The number of aryl methyl sites for hydroxylation is 2. The van der Waals surface area contributed by atoms with E-state index in [0.29, 0.717) is 6.42 Å². The number of carbonyl (C=O) groups excluding carboxylic acids is 1. The van der Waals surface area contributed by atoms with Crippen LogP contribution in [-0.2, 0) is 10.2 Å². The summed E-state index contributed by atoms with van der Waals surface area (Å²) in [6, 6.07) is 6.45. The van der Waals surface area contributed by atoms with E-state index in [-0.39, 0.29) is 10.7 Å². The van der Waals surface area contributed by atoms with E-state index in [1.807, 2.05) is 0 Å². The predicted molar refractivity (Wildman–Crippen MR) is 69.0 cm³/mol. The Morgan fingerprint density at radius 2 is 1.94 bits per heavy atom. The van der Waals surface area contributed by atoms with Gasteiger partial charge in [0.1, 0.15) is 0 Å². The first kappa shape index (κ1) is 13.2. The van der Waals surface area contributed by atoms with Crippen molar-refractivity contribution in [1.29, 1.82) is 0 Å². The minimum Gasteiger partial charge on any atom is -0.281 e. The third-order valence-electron chi connectivity index (χ3n) is 3.07. The number of hydrogen-bond acceptors (Lipinski definition) is 1. The second-order valence-electron chi connectivity index (χ2n) is 5.06. The lowest BCUT2D eigenvalue weighted by atomic mass is 9.78. The van der Waals surface area contributed by atoms with Crippen LogP contribution in [0, 0.1) is 13.8 Å². The molecule has 1 aromatic rings. The first-order chi connectivity index (χ1) is 7.33. The van der Waals surface area contributed by atoms with Crippen LogP contribution in [0.2, 0.25) is 0 Å². The average Bonchev–Trinajstić information content (AvgIpc) is 2.19. The van der Waals surface area contributed by atoms with Crippen molar-refractivity contribution in [3.8, 4) is 0 Å². The summed E-state index contributed by atoms with van der Waals surface area (Å²) in [5.74, 6) is 0. The smallest absolute Gasteiger partial charge is 0.221 e. The van der Waals surface area contributed by atoms with E-state index in [0.717, 1.165) is 6.42 Å². The van der Waals surface area contributed by atoms with Crippen LogP contribution in [0.25, 0.3) is 0 Å². The molecule has 1 rings (SSSR count). The fraction of sp³-hybridized carbons (Fsp3) is 0.500. The van der Waals surface area contributed by atoms with E-state index in [4.69, 9.17) is 11.6 Å². The summed E-state index contributed by atoms with van der Waals surface area (Å²) in [7, 11) is 0. The van der Waals surface area contributed by atoms with Gasteiger partial charge in [0.2, 0.25) is 5.24 Å². The molecule has 0 aliphatic carbocycles. The molecule has 0 atom stereocenters. The van der Waals surface area contributed by atoms with E-state index >= 15 is 0 Å². The van der Waals surface area contributed by atoms with Gasteiger partial charge < -0.3 is 0 Å². The highest BCUT2D eigenvalue weighted by Gasteiger charge is 2.23. The number of rotatable bonds is 4. The van der Waals surface area contributed by atoms with Gasteiger partial charge in [-0.05, 0) is 48.4 Å². The largest absolute Gasteiger partial charge is 0.281 e. The molecule has 1 nitrogen and oxygen atoms in total. The van der Waals surface area contributed by atoms with Crippen LogP contribution in [0.15, 0.2) is 18.2 Å². The molecule has 0 spiro atoms. The van der Waals surface area contributed by atoms with Gasteiger partial charge in [0.05, 0.1) is 0 Å². The fourth-order valence-electron chi connectivity index (χ4n) is 2.01. The molecule has 0 aliphatic heterocycles. The second-order valence-corrected chi connectivity index (χ2v) is 5.48. The summed E-state index contributed by atoms with van der Waals surface area (Å²) in [5, 5.41) is -0.251. The van der Waals surface area contributed by atoms with Gasteiger partial charge in [-0.1, -0.05) is 37.6 Å². The Morgan fingerprint density at radius 1 is 1.31 bits per heavy atom. The van der Waals surface area contributed by atoms with Crippen molar-refractivity contribution < 1.29 is 4.79 Å². The van der Waals surface area contributed by atoms with Gasteiger partial charge in [-0.2, -0.15) is 0 Å². The topological polar surface area (TPSA) is 17.1 Å². The minimum absolute atomic E-state index is 0.000648. The van der Waals surface area contributed by atoms with Gasteiger partial charge in [0, 0.05) is 6.42 Å². The number of hydrogen-bond donors (Lipinski definition) is 0. The van der Waals surface area contributed by atoms with Crippen LogP contribution in [0.3, 0.4) is 0 Å². The highest BCUT2D eigenvalue weighted by atomic mass is 35.5. The van der Waals surface area contributed by atoms with Crippen molar-refractivity contribution in [3.63, 3.8) is 0 Å². The molecular weight excluding hydrogens is 220 g/mol. The van der Waals surface area contributed by atoms with Crippen molar-refractivity contribution in [1.82, 2.24) is 0 Å². The van der Waals surface area contributed by atoms with E-state index in [2.05, 4.69) is 45.9 Å². The van der Waals surface area contributed by atoms with Crippen LogP contribution >= 0.6 is 11.6 Å². The molecule has 88 valence electrons. The molecule has 0 aromatic heterocycles. The minimum atomic E-state index is -0.251. The van der Waals surface area contributed by atoms with Gasteiger partial charge in [-0.3, -0.25) is 4.79 Å². The number of halogens is 1. The molecule has 2 heteroatoms. The highest BCUT2D eigenvalue weighted by molar-refractivity contribution is 6.63. The maximum Gasteiger partial charge on any atom is 0.221 e. The zero-order valence-electron chi connectivity index (χ0n) is 10.4. The van der Waals surface area contributed by atoms with Crippen LogP contribution in [0.4, 0.5) is 0 Å². The predicted octanol–water partition coefficient (Wildman–Crippen LogP) is 4.13. The Labute approximate surface area is 103 Å². The molecule has 0 fully saturated rings. The number of carbonyl (C=O) groups is 1. The van der Waals surface area contributed by atoms with Gasteiger partial charge in [0.25, 0.3) is 0 Å². The van der Waals surface area contributed by atoms with Crippen molar-refractivity contribution in [3.05, 3.63) is 34.9 Å². The molecule has 0 amide bonds. The SMILES string of the molecule is Cc1ccc(C)c(C(C)(C)CCC(=O)Cl)c1. The van der Waals surface area contributed by atoms with E-state index in [1.54, 1.807) is 0 Å². The lowest BCUT2D eigenvalue weighted by molar-refractivity contribution is -0.112. The van der Waals surface area contributed by atoms with Crippen LogP contribution in [0.1, 0.15) is 43.4 Å². The summed E-state index contributed by atoms with van der Waals surface area (Å²) < 4.78 is 0. The molecule has 0 radical (unpaired) electrons. The van der Waals surface area contributed by atoms with Gasteiger partial charge >= 0.3 is 0 Å². The second kappa shape index (κ2) is 5.01. The van der Waals surface area contributed by atoms with Gasteiger partial charge in [-0.15, -0.1) is 0 Å². The van der Waals surface area contributed by atoms with E-state index < -0.39 is 0 Å². The van der Waals surface area contributed by atoms with Gasteiger partial charge in [0.15, 0.2) is 0 Å². The van der Waals surface area contributed by atoms with E-state index in [1.165, 1.54) is 16.7 Å². The normalized spacial score (nSPS) is 11.6. The Hall–Kier alpha value is -0.820. The maximum atomic E-state index is 10.8. The summed E-state index contributed by atoms with van der Waals surface area (Å²) >= 11 is 5.40. The molecule has 0 unspecified atom stereocenters. The zero-order chi connectivity index (χ0) is 12.3. The van der Waals surface area contributed by atoms with E-state index in [9.17, 15) is 4.79 Å². The van der Waals surface area contributed by atoms with Crippen molar-refractivity contribution in [2.24, 2.45) is 0 Å². The molecule has 0 heterocycles. The Bertz CT molecular complexity index is 394. The molecule has 0 N–H and O–H groups in total. The van der Waals surface area contributed by atoms with Crippen LogP contribution in [-0.4, -0.2) is 5.24 Å². The zero-order valence-corrected chi connectivity index (χ0v) is 11.2. The average molecular weight is 239 g/mol. The summed E-state index contributed by atoms with van der Waals surface area (Å²) in [5.41, 5.74) is 3.84. The van der Waals surface area contributed by atoms with Gasteiger partial charge in [-0.25, -0.2) is 0 Å². The third-order valence-corrected chi connectivity index (χ3v) is 3.26. The number of benzene rings is 1. The molecule has 0 saturated heterocycles. The van der Waals surface area contributed by atoms with Crippen LogP contribution in [0.5, 0.6) is 0 Å². The lowest BCUT2D eigenvalue weighted by Gasteiger charge is -2.27. The molecule has 0 saturated carbocycles. The standard InChI is InChI=1S/C14H19ClO/c1-10-5-6-11(2)12(9-10)14(3,4)8-7-13(15)16/h5-6,9H,7-8H2,1-4H3. The molecule has 16 heavy (non-hydrogen) atoms. The lowest BCUT2D eigenvalue weighted by Crippen LogP contribution is -2.19. The maximum absolute atomic E-state index is 10.8. The molecular formula is C14H19ClO. The Kier molecular flexibility index (Phi) is 4.15. The fourth-order valence-corrected chi connectivity index (χ4v) is 2.10. The Morgan fingerprint density at radius 3 is 2.50 bits per heavy atom. The van der Waals surface area contributed by atoms with Crippen molar-refractivity contribution in [2.75, 3.05) is 0 Å². The Balaban J connectivity index is 2.96. The van der Waals surface area contributed by atoms with Crippen LogP contribution < -0.4 is 0 Å². The summed E-state index contributed by atoms with van der Waals surface area (Å²) in [6.07, 6.45) is 1.22. The first-order valence-corrected chi connectivity index (χ1v) is 5.97. The molecule has 1 aromatic carbocycles. The van der Waals surface area contributed by atoms with Crippen molar-refractivity contribution in [2.45, 2.75) is 46.0 Å². The third kappa shape index (κ3) is 3.34. The highest BCUT2D eigenvalue weighted by Crippen LogP contribution is 2.31. The van der Waals surface area contributed by atoms with Crippen molar-refractivity contribution >= 4 is 16.8 Å². The molecule has 0 bridgehead atoms. The first-order valence-electron chi connectivity index (χ1n) is 5.59. The molecule has 0 aliphatic rings. The quantitative estimate of drug-likeness (QED) is 0.721.